The molecule has 0 spiro atoms. The molecular formula is C20H26O5S. The summed E-state index contributed by atoms with van der Waals surface area (Å²) < 4.78 is 37.3. The van der Waals surface area contributed by atoms with Crippen LogP contribution in [-0.4, -0.2) is 18.1 Å². The third-order valence-corrected chi connectivity index (χ3v) is 5.07. The second-order valence-electron chi connectivity index (χ2n) is 6.35. The number of hydrogen-bond acceptors (Lipinski definition) is 4. The van der Waals surface area contributed by atoms with Crippen LogP contribution < -0.4 is 4.74 Å². The molecule has 0 saturated carbocycles. The summed E-state index contributed by atoms with van der Waals surface area (Å²) in [4.78, 5) is -0.571. The van der Waals surface area contributed by atoms with E-state index in [4.69, 9.17) is 9.29 Å². The molecule has 0 atom stereocenters. The van der Waals surface area contributed by atoms with Gasteiger partial charge in [0.25, 0.3) is 10.1 Å². The number of ether oxygens (including phenoxy) is 1. The Morgan fingerprint density at radius 2 is 1.65 bits per heavy atom. The van der Waals surface area contributed by atoms with Crippen LogP contribution in [0.2, 0.25) is 0 Å². The fraction of sp³-hybridized carbons (Fsp3) is 0.400. The molecule has 2 aromatic rings. The molecule has 0 unspecified atom stereocenters. The van der Waals surface area contributed by atoms with Crippen LogP contribution in [0.25, 0.3) is 0 Å². The Hall–Kier alpha value is -2.05. The predicted octanol–water partition coefficient (Wildman–Crippen LogP) is 5.33. The second-order valence-corrected chi connectivity index (χ2v) is 7.74. The molecule has 0 radical (unpaired) electrons. The van der Waals surface area contributed by atoms with E-state index in [9.17, 15) is 13.5 Å². The van der Waals surface area contributed by atoms with Gasteiger partial charge in [-0.15, -0.1) is 0 Å². The number of aryl methyl sites for hydroxylation is 1. The highest BCUT2D eigenvalue weighted by Crippen LogP contribution is 2.36. The molecule has 2 rings (SSSR count). The number of aromatic hydroxyl groups is 1. The van der Waals surface area contributed by atoms with E-state index in [0.717, 1.165) is 24.5 Å². The van der Waals surface area contributed by atoms with Crippen molar-refractivity contribution >= 4 is 10.1 Å². The molecule has 6 heteroatoms. The number of unbranched alkanes of at least 4 members (excludes halogenated alkanes) is 5. The lowest BCUT2D eigenvalue weighted by molar-refractivity contribution is 0.395. The van der Waals surface area contributed by atoms with Crippen molar-refractivity contribution in [2.24, 2.45) is 0 Å². The number of hydrogen-bond donors (Lipinski definition) is 2. The van der Waals surface area contributed by atoms with Crippen molar-refractivity contribution in [1.29, 1.82) is 0 Å². The van der Waals surface area contributed by atoms with Gasteiger partial charge in [-0.1, -0.05) is 57.2 Å². The van der Waals surface area contributed by atoms with Crippen LogP contribution in [0.5, 0.6) is 17.2 Å². The molecule has 2 N–H and O–H groups in total. The van der Waals surface area contributed by atoms with Crippen LogP contribution in [0.15, 0.2) is 47.4 Å². The van der Waals surface area contributed by atoms with Gasteiger partial charge in [-0.05, 0) is 42.7 Å². The van der Waals surface area contributed by atoms with E-state index in [0.29, 0.717) is 5.75 Å². The average Bonchev–Trinajstić information content (AvgIpc) is 2.59. The number of phenols is 1. The number of phenolic OH excluding ortho intramolecular Hbond substituents is 1. The molecule has 142 valence electrons. The monoisotopic (exact) mass is 378 g/mol. The van der Waals surface area contributed by atoms with Crippen molar-refractivity contribution in [3.63, 3.8) is 0 Å². The van der Waals surface area contributed by atoms with Crippen molar-refractivity contribution in [3.05, 3.63) is 48.0 Å². The van der Waals surface area contributed by atoms with Gasteiger partial charge < -0.3 is 9.84 Å². The zero-order valence-corrected chi connectivity index (χ0v) is 15.8. The zero-order valence-electron chi connectivity index (χ0n) is 15.0. The van der Waals surface area contributed by atoms with E-state index in [1.807, 2.05) is 18.2 Å². The van der Waals surface area contributed by atoms with Crippen LogP contribution in [-0.2, 0) is 16.5 Å². The Morgan fingerprint density at radius 3 is 2.38 bits per heavy atom. The Bertz CT molecular complexity index is 815. The van der Waals surface area contributed by atoms with Crippen molar-refractivity contribution in [1.82, 2.24) is 0 Å². The molecule has 2 aromatic carbocycles. The molecule has 26 heavy (non-hydrogen) atoms. The first-order valence-electron chi connectivity index (χ1n) is 8.98. The average molecular weight is 378 g/mol. The third kappa shape index (κ3) is 6.04. The molecule has 0 amide bonds. The number of para-hydroxylation sites is 1. The molecular weight excluding hydrogens is 352 g/mol. The van der Waals surface area contributed by atoms with E-state index in [2.05, 4.69) is 6.92 Å². The maximum atomic E-state index is 11.3. The van der Waals surface area contributed by atoms with Gasteiger partial charge in [0.15, 0.2) is 11.5 Å². The number of benzene rings is 2. The maximum absolute atomic E-state index is 11.3. The smallest absolute Gasteiger partial charge is 0.298 e. The highest BCUT2D eigenvalue weighted by atomic mass is 32.2. The van der Waals surface area contributed by atoms with Crippen molar-refractivity contribution in [2.45, 2.75) is 56.8 Å². The molecule has 0 heterocycles. The Morgan fingerprint density at radius 1 is 0.962 bits per heavy atom. The van der Waals surface area contributed by atoms with Gasteiger partial charge in [0.05, 0.1) is 0 Å². The fourth-order valence-corrected chi connectivity index (χ4v) is 3.39. The zero-order chi connectivity index (χ0) is 19.0. The minimum atomic E-state index is -4.51. The van der Waals surface area contributed by atoms with E-state index in [-0.39, 0.29) is 5.75 Å². The van der Waals surface area contributed by atoms with Crippen molar-refractivity contribution in [3.8, 4) is 17.2 Å². The van der Waals surface area contributed by atoms with E-state index >= 15 is 0 Å². The van der Waals surface area contributed by atoms with Crippen LogP contribution in [0.1, 0.15) is 51.0 Å². The minimum Gasteiger partial charge on any atom is -0.503 e. The van der Waals surface area contributed by atoms with Gasteiger partial charge in [-0.25, -0.2) is 0 Å². The summed E-state index contributed by atoms with van der Waals surface area (Å²) in [6.07, 6.45) is 8.31. The summed E-state index contributed by atoms with van der Waals surface area (Å²) in [6.45, 7) is 2.20. The summed E-state index contributed by atoms with van der Waals surface area (Å²) in [6, 6.07) is 11.5. The first kappa shape index (κ1) is 20.3. The SMILES string of the molecule is CCCCCCCCc1cccc(Oc2cccc(S(=O)(=O)O)c2O)c1. The topological polar surface area (TPSA) is 83.8 Å². The minimum absolute atomic E-state index is 0.0168. The van der Waals surface area contributed by atoms with Crippen LogP contribution in [0.4, 0.5) is 0 Å². The quantitative estimate of drug-likeness (QED) is 0.431. The lowest BCUT2D eigenvalue weighted by atomic mass is 10.0. The van der Waals surface area contributed by atoms with Gasteiger partial charge in [-0.3, -0.25) is 4.55 Å². The van der Waals surface area contributed by atoms with Gasteiger partial charge in [-0.2, -0.15) is 8.42 Å². The fourth-order valence-electron chi connectivity index (χ4n) is 2.79. The molecule has 0 aliphatic carbocycles. The first-order valence-corrected chi connectivity index (χ1v) is 10.4. The summed E-state index contributed by atoms with van der Waals surface area (Å²) in [7, 11) is -4.51. The summed E-state index contributed by atoms with van der Waals surface area (Å²) >= 11 is 0. The molecule has 0 aliphatic rings. The van der Waals surface area contributed by atoms with Crippen molar-refractivity contribution < 1.29 is 22.8 Å². The predicted molar refractivity (Wildman–Crippen MR) is 102 cm³/mol. The molecule has 0 aliphatic heterocycles. The van der Waals surface area contributed by atoms with Crippen LogP contribution in [0, 0.1) is 0 Å². The van der Waals surface area contributed by atoms with Crippen LogP contribution >= 0.6 is 0 Å². The summed E-state index contributed by atoms with van der Waals surface area (Å²) in [5.74, 6) is -0.107. The van der Waals surface area contributed by atoms with Crippen LogP contribution in [0.3, 0.4) is 0 Å². The normalized spacial score (nSPS) is 11.5. The Balaban J connectivity index is 2.01. The summed E-state index contributed by atoms with van der Waals surface area (Å²) in [5, 5.41) is 10.0. The summed E-state index contributed by atoms with van der Waals surface area (Å²) in [5.41, 5.74) is 1.13. The Labute approximate surface area is 155 Å². The van der Waals surface area contributed by atoms with E-state index in [1.165, 1.54) is 44.2 Å². The molecule has 0 saturated heterocycles. The highest BCUT2D eigenvalue weighted by molar-refractivity contribution is 7.86. The molecule has 5 nitrogen and oxygen atoms in total. The van der Waals surface area contributed by atoms with Gasteiger partial charge in [0.1, 0.15) is 10.6 Å². The molecule has 0 bridgehead atoms. The molecule has 0 fully saturated rings. The van der Waals surface area contributed by atoms with Gasteiger partial charge in [0, 0.05) is 0 Å². The Kier molecular flexibility index (Phi) is 7.48. The van der Waals surface area contributed by atoms with Gasteiger partial charge in [0.2, 0.25) is 0 Å². The van der Waals surface area contributed by atoms with Gasteiger partial charge >= 0.3 is 0 Å². The second kappa shape index (κ2) is 9.59. The van der Waals surface area contributed by atoms with E-state index < -0.39 is 20.8 Å². The van der Waals surface area contributed by atoms with E-state index in [1.54, 1.807) is 6.07 Å². The highest BCUT2D eigenvalue weighted by Gasteiger charge is 2.19. The lowest BCUT2D eigenvalue weighted by Gasteiger charge is -2.11. The number of rotatable bonds is 10. The standard InChI is InChI=1S/C20H26O5S/c1-2-3-4-5-6-7-10-16-11-8-12-17(15-16)25-18-13-9-14-19(20(18)21)26(22,23)24/h8-9,11-15,21H,2-7,10H2,1H3,(H,22,23,24). The van der Waals surface area contributed by atoms with Crippen molar-refractivity contribution in [2.75, 3.05) is 0 Å². The maximum Gasteiger partial charge on any atom is 0.298 e. The third-order valence-electron chi connectivity index (χ3n) is 4.19. The lowest BCUT2D eigenvalue weighted by Crippen LogP contribution is -1.99. The molecule has 0 aromatic heterocycles. The first-order chi connectivity index (χ1) is 12.4. The largest absolute Gasteiger partial charge is 0.503 e.